The molecule has 14 heteroatoms. The molecule has 2 saturated heterocycles. The van der Waals surface area contributed by atoms with Crippen LogP contribution in [0.15, 0.2) is 28.2 Å². The van der Waals surface area contributed by atoms with Crippen LogP contribution in [0.25, 0.3) is 0 Å². The number of nitrogens with one attached hydrogen (secondary N) is 4. The lowest BCUT2D eigenvalue weighted by molar-refractivity contribution is -0.230. The van der Waals surface area contributed by atoms with E-state index in [0.29, 0.717) is 24.5 Å². The van der Waals surface area contributed by atoms with E-state index in [0.717, 1.165) is 24.9 Å². The van der Waals surface area contributed by atoms with Crippen molar-refractivity contribution in [3.63, 3.8) is 0 Å². The Morgan fingerprint density at radius 3 is 2.80 bits per heavy atom. The van der Waals surface area contributed by atoms with Crippen molar-refractivity contribution in [1.29, 1.82) is 0 Å². The molecule has 216 valence electrons. The smallest absolute Gasteiger partial charge is 0.255 e. The van der Waals surface area contributed by atoms with Gasteiger partial charge in [0.15, 0.2) is 17.6 Å². The summed E-state index contributed by atoms with van der Waals surface area (Å²) < 4.78 is 5.90. The van der Waals surface area contributed by atoms with Gasteiger partial charge in [-0.05, 0) is 30.9 Å². The predicted octanol–water partition coefficient (Wildman–Crippen LogP) is -2.75. The van der Waals surface area contributed by atoms with Crippen LogP contribution in [0.1, 0.15) is 42.6 Å². The number of carbonyl (C=O) groups is 2. The number of nitrogens with two attached hydrogens (primary N) is 2. The van der Waals surface area contributed by atoms with Crippen LogP contribution in [-0.4, -0.2) is 101 Å². The van der Waals surface area contributed by atoms with Crippen molar-refractivity contribution >= 4 is 23.7 Å². The van der Waals surface area contributed by atoms with Gasteiger partial charge in [0.25, 0.3) is 5.91 Å². The number of hydrogen-bond acceptors (Lipinski definition) is 12. The van der Waals surface area contributed by atoms with Crippen LogP contribution < -0.4 is 37.5 Å². The Hall–Kier alpha value is -3.62. The molecule has 10 N–H and O–H groups in total. The Bertz CT molecular complexity index is 1290. The van der Waals surface area contributed by atoms with Crippen LogP contribution in [0, 0.1) is 5.92 Å². The third-order valence-electron chi connectivity index (χ3n) is 8.99. The lowest BCUT2D eigenvalue weighted by Gasteiger charge is -2.49. The van der Waals surface area contributed by atoms with Gasteiger partial charge in [-0.25, -0.2) is 9.98 Å². The van der Waals surface area contributed by atoms with Gasteiger partial charge in [0.2, 0.25) is 11.7 Å². The van der Waals surface area contributed by atoms with E-state index >= 15 is 0 Å². The van der Waals surface area contributed by atoms with Crippen molar-refractivity contribution in [2.75, 3.05) is 32.8 Å². The number of amides is 2. The van der Waals surface area contributed by atoms with E-state index in [4.69, 9.17) is 16.2 Å². The molecule has 0 radical (unpaired) electrons. The van der Waals surface area contributed by atoms with E-state index in [1.54, 1.807) is 12.1 Å². The molecule has 5 heterocycles. The molecule has 40 heavy (non-hydrogen) atoms. The molecular weight excluding hydrogens is 518 g/mol. The first-order valence-corrected chi connectivity index (χ1v) is 13.7. The summed E-state index contributed by atoms with van der Waals surface area (Å²) in [4.78, 5) is 36.7. The van der Waals surface area contributed by atoms with E-state index in [1.165, 1.54) is 4.90 Å². The van der Waals surface area contributed by atoms with Gasteiger partial charge >= 0.3 is 0 Å². The Morgan fingerprint density at radius 2 is 2.05 bits per heavy atom. The van der Waals surface area contributed by atoms with Crippen molar-refractivity contribution in [3.05, 3.63) is 29.3 Å². The summed E-state index contributed by atoms with van der Waals surface area (Å²) >= 11 is 0. The largest absolute Gasteiger partial charge is 0.492 e. The molecule has 1 spiro atoms. The predicted molar refractivity (Wildman–Crippen MR) is 145 cm³/mol. The van der Waals surface area contributed by atoms with Gasteiger partial charge in [-0.1, -0.05) is 26.0 Å². The minimum atomic E-state index is -2.58. The number of aliphatic imine (C=N–C) groups is 2. The quantitative estimate of drug-likeness (QED) is 0.175. The second-order valence-corrected chi connectivity index (χ2v) is 11.9. The Balaban J connectivity index is 1.26. The van der Waals surface area contributed by atoms with Crippen molar-refractivity contribution in [2.24, 2.45) is 27.4 Å². The summed E-state index contributed by atoms with van der Waals surface area (Å²) in [5.41, 5.74) is 11.8. The standard InChI is InChI=1S/C26H37N9O5/c1-24(2)7-9-40-18-14(4-3-5-15(18)24)21(37)32-17-12-35-23(28)31-16(11-30-20(36)13-6-8-29-10-13)19-25(35,26(17,38)39)34-22(27)33-19/h3-5,13,16-17,19,29,38-39H,6-12H2,1-2H3,(H2,28,31)(H,30,36)(H,32,37)(H3,27,33,34)/t13?,16-,17?,19?,25?/m0/s1. The number of rotatable bonds is 5. The van der Waals surface area contributed by atoms with E-state index < -0.39 is 35.5 Å². The number of hydrogen-bond donors (Lipinski definition) is 8. The van der Waals surface area contributed by atoms with E-state index in [9.17, 15) is 19.8 Å². The van der Waals surface area contributed by atoms with Gasteiger partial charge in [-0.3, -0.25) is 9.59 Å². The average Bonchev–Trinajstić information content (AvgIpc) is 3.61. The van der Waals surface area contributed by atoms with Crippen molar-refractivity contribution in [2.45, 2.75) is 61.7 Å². The third kappa shape index (κ3) is 3.88. The topological polar surface area (TPSA) is 212 Å². The monoisotopic (exact) mass is 555 g/mol. The molecular formula is C26H37N9O5. The van der Waals surface area contributed by atoms with Crippen LogP contribution in [0.5, 0.6) is 5.75 Å². The number of guanidine groups is 2. The van der Waals surface area contributed by atoms with E-state index in [-0.39, 0.29) is 42.2 Å². The highest BCUT2D eigenvalue weighted by Gasteiger charge is 2.73. The number of carbonyl (C=O) groups excluding carboxylic acids is 2. The zero-order chi connectivity index (χ0) is 28.4. The minimum absolute atomic E-state index is 0.0156. The first-order chi connectivity index (χ1) is 19.0. The maximum absolute atomic E-state index is 13.6. The third-order valence-corrected chi connectivity index (χ3v) is 8.99. The zero-order valence-corrected chi connectivity index (χ0v) is 22.6. The van der Waals surface area contributed by atoms with Crippen LogP contribution in [0.3, 0.4) is 0 Å². The Kier molecular flexibility index (Phi) is 6.12. The second-order valence-electron chi connectivity index (χ2n) is 11.9. The lowest BCUT2D eigenvalue weighted by atomic mass is 9.79. The molecule has 0 bridgehead atoms. The molecule has 1 aromatic carbocycles. The summed E-state index contributed by atoms with van der Waals surface area (Å²) in [6.07, 6.45) is 1.55. The van der Waals surface area contributed by atoms with Gasteiger partial charge in [-0.15, -0.1) is 0 Å². The fourth-order valence-corrected chi connectivity index (χ4v) is 6.66. The van der Waals surface area contributed by atoms with Crippen LogP contribution in [0.4, 0.5) is 0 Å². The fourth-order valence-electron chi connectivity index (χ4n) is 6.66. The molecule has 1 aromatic rings. The Labute approximate surface area is 231 Å². The Morgan fingerprint density at radius 1 is 1.25 bits per heavy atom. The molecule has 0 aliphatic carbocycles. The number of para-hydroxylation sites is 1. The highest BCUT2D eigenvalue weighted by molar-refractivity contribution is 5.98. The summed E-state index contributed by atoms with van der Waals surface area (Å²) in [6.45, 7) is 6.04. The van der Waals surface area contributed by atoms with Crippen molar-refractivity contribution < 1.29 is 24.5 Å². The maximum Gasteiger partial charge on any atom is 0.255 e. The minimum Gasteiger partial charge on any atom is -0.492 e. The fraction of sp³-hybridized carbons (Fsp3) is 0.615. The molecule has 0 saturated carbocycles. The summed E-state index contributed by atoms with van der Waals surface area (Å²) in [7, 11) is 0. The zero-order valence-electron chi connectivity index (χ0n) is 22.6. The highest BCUT2D eigenvalue weighted by Crippen LogP contribution is 2.45. The van der Waals surface area contributed by atoms with Crippen molar-refractivity contribution in [3.8, 4) is 5.75 Å². The molecule has 5 aliphatic heterocycles. The molecule has 14 nitrogen and oxygen atoms in total. The van der Waals surface area contributed by atoms with Gasteiger partial charge < -0.3 is 52.6 Å². The SMILES string of the molecule is CC1(C)CCOc2c(C(=O)NC3CN4C(N)=N[C@@H](CNC(=O)C5CCNC5)C5N=C(N)NC54C3(O)O)cccc21. The summed E-state index contributed by atoms with van der Waals surface area (Å²) in [6, 6.07) is 2.55. The average molecular weight is 556 g/mol. The molecule has 5 atom stereocenters. The molecule has 6 rings (SSSR count). The van der Waals surface area contributed by atoms with E-state index in [2.05, 4.69) is 45.1 Å². The maximum atomic E-state index is 13.6. The number of aliphatic hydroxyl groups is 2. The van der Waals surface area contributed by atoms with E-state index in [1.807, 2.05) is 6.07 Å². The van der Waals surface area contributed by atoms with Crippen LogP contribution >= 0.6 is 0 Å². The molecule has 2 fully saturated rings. The van der Waals surface area contributed by atoms with Gasteiger partial charge in [-0.2, -0.15) is 0 Å². The molecule has 2 amide bonds. The number of nitrogens with zero attached hydrogens (tertiary/aromatic N) is 3. The van der Waals surface area contributed by atoms with Crippen LogP contribution in [0.2, 0.25) is 0 Å². The molecule has 0 aromatic heterocycles. The number of ether oxygens (including phenoxy) is 1. The molecule has 4 unspecified atom stereocenters. The van der Waals surface area contributed by atoms with Gasteiger partial charge in [0.05, 0.1) is 24.1 Å². The van der Waals surface area contributed by atoms with Gasteiger partial charge in [0.1, 0.15) is 17.8 Å². The summed E-state index contributed by atoms with van der Waals surface area (Å²) in [5, 5.41) is 35.2. The van der Waals surface area contributed by atoms with Crippen LogP contribution in [-0.2, 0) is 10.2 Å². The number of benzene rings is 1. The van der Waals surface area contributed by atoms with Crippen molar-refractivity contribution in [1.82, 2.24) is 26.2 Å². The number of fused-ring (bicyclic) bond motifs is 1. The molecule has 5 aliphatic rings. The van der Waals surface area contributed by atoms with Gasteiger partial charge in [0, 0.05) is 25.2 Å². The second kappa shape index (κ2) is 9.21. The highest BCUT2D eigenvalue weighted by atomic mass is 16.5. The normalized spacial score (nSPS) is 33.0. The first kappa shape index (κ1) is 26.6. The lowest BCUT2D eigenvalue weighted by Crippen LogP contribution is -2.78. The first-order valence-electron chi connectivity index (χ1n) is 13.7. The summed E-state index contributed by atoms with van der Waals surface area (Å²) in [5.74, 6) is -2.88.